The average Bonchev–Trinajstić information content (AvgIpc) is 2.83. The lowest BCUT2D eigenvalue weighted by molar-refractivity contribution is -0.137. The molecule has 1 aliphatic heterocycles. The van der Waals surface area contributed by atoms with E-state index < -0.39 is 5.97 Å². The van der Waals surface area contributed by atoms with Gasteiger partial charge in [0, 0.05) is 6.42 Å². The van der Waals surface area contributed by atoms with Crippen LogP contribution in [0.2, 0.25) is 0 Å². The van der Waals surface area contributed by atoms with E-state index in [2.05, 4.69) is 23.8 Å². The van der Waals surface area contributed by atoms with Crippen molar-refractivity contribution in [2.75, 3.05) is 6.61 Å². The van der Waals surface area contributed by atoms with Gasteiger partial charge in [0.25, 0.3) is 0 Å². The first-order chi connectivity index (χ1) is 10.7. The Labute approximate surface area is 133 Å². The Hall–Kier alpha value is -1.58. The number of carbonyl (C=O) groups excluding carboxylic acids is 2. The number of ketones is 1. The number of ether oxygens (including phenoxy) is 1. The summed E-state index contributed by atoms with van der Waals surface area (Å²) in [5.74, 6) is -1.19. The Morgan fingerprint density at radius 3 is 2.36 bits per heavy atom. The van der Waals surface area contributed by atoms with Gasteiger partial charge < -0.3 is 9.84 Å². The molecule has 1 aliphatic rings. The van der Waals surface area contributed by atoms with Crippen molar-refractivity contribution in [1.82, 2.24) is 0 Å². The number of cyclic esters (lactones) is 1. The molecule has 0 saturated heterocycles. The molecular formula is C18H28O4. The second-order valence-electron chi connectivity index (χ2n) is 5.74. The smallest absolute Gasteiger partial charge is 0.345 e. The largest absolute Gasteiger partial charge is 0.508 e. The first kappa shape index (κ1) is 18.5. The van der Waals surface area contributed by atoms with E-state index in [1.54, 1.807) is 0 Å². The third-order valence-electron chi connectivity index (χ3n) is 3.76. The zero-order chi connectivity index (χ0) is 16.2. The Balaban J connectivity index is 1.99. The highest BCUT2D eigenvalue weighted by atomic mass is 16.5. The van der Waals surface area contributed by atoms with Crippen molar-refractivity contribution >= 4 is 11.8 Å². The first-order valence-corrected chi connectivity index (χ1v) is 8.44. The van der Waals surface area contributed by atoms with Crippen LogP contribution in [-0.4, -0.2) is 23.5 Å². The zero-order valence-corrected chi connectivity index (χ0v) is 13.6. The molecule has 124 valence electrons. The van der Waals surface area contributed by atoms with Crippen molar-refractivity contribution < 1.29 is 19.4 Å². The fraction of sp³-hybridized carbons (Fsp3) is 0.667. The second kappa shape index (κ2) is 11.0. The number of esters is 1. The summed E-state index contributed by atoms with van der Waals surface area (Å²) in [5.41, 5.74) is -0.140. The maximum Gasteiger partial charge on any atom is 0.345 e. The molecule has 0 saturated carbocycles. The van der Waals surface area contributed by atoms with Crippen molar-refractivity contribution in [1.29, 1.82) is 0 Å². The topological polar surface area (TPSA) is 63.6 Å². The molecule has 0 spiro atoms. The van der Waals surface area contributed by atoms with E-state index in [9.17, 15) is 14.7 Å². The summed E-state index contributed by atoms with van der Waals surface area (Å²) in [4.78, 5) is 23.1. The number of aliphatic hydroxyl groups is 1. The van der Waals surface area contributed by atoms with Crippen molar-refractivity contribution in [3.8, 4) is 0 Å². The van der Waals surface area contributed by atoms with Crippen LogP contribution in [0.1, 0.15) is 71.1 Å². The number of carbonyl (C=O) groups is 2. The van der Waals surface area contributed by atoms with Gasteiger partial charge in [0.15, 0.2) is 5.78 Å². The molecule has 0 aromatic rings. The predicted octanol–water partition coefficient (Wildman–Crippen LogP) is 4.40. The highest BCUT2D eigenvalue weighted by Crippen LogP contribution is 2.18. The van der Waals surface area contributed by atoms with E-state index in [-0.39, 0.29) is 23.7 Å². The Morgan fingerprint density at radius 1 is 1.09 bits per heavy atom. The van der Waals surface area contributed by atoms with Crippen LogP contribution in [-0.2, 0) is 14.3 Å². The van der Waals surface area contributed by atoms with Gasteiger partial charge in [0.1, 0.15) is 17.9 Å². The molecule has 0 amide bonds. The molecule has 4 heteroatoms. The van der Waals surface area contributed by atoms with Gasteiger partial charge in [-0.1, -0.05) is 51.2 Å². The SMILES string of the molecule is CCCC=CCCCCCCCCC(=O)C1=C(O)COC1=O. The number of unbranched alkanes of at least 4 members (excludes halogenated alkanes) is 7. The highest BCUT2D eigenvalue weighted by molar-refractivity contribution is 6.18. The van der Waals surface area contributed by atoms with Crippen molar-refractivity contribution in [2.45, 2.75) is 71.1 Å². The van der Waals surface area contributed by atoms with Crippen LogP contribution in [0.4, 0.5) is 0 Å². The van der Waals surface area contributed by atoms with Crippen LogP contribution in [0.5, 0.6) is 0 Å². The van der Waals surface area contributed by atoms with Gasteiger partial charge >= 0.3 is 5.97 Å². The number of Topliss-reactive ketones (excluding diaryl/α,β-unsaturated/α-hetero) is 1. The molecule has 0 bridgehead atoms. The maximum atomic E-state index is 11.8. The van der Waals surface area contributed by atoms with Crippen LogP contribution in [0.25, 0.3) is 0 Å². The van der Waals surface area contributed by atoms with Gasteiger partial charge in [-0.05, 0) is 25.7 Å². The Bertz CT molecular complexity index is 421. The van der Waals surface area contributed by atoms with E-state index in [1.165, 1.54) is 32.1 Å². The van der Waals surface area contributed by atoms with Gasteiger partial charge in [-0.3, -0.25) is 4.79 Å². The fourth-order valence-corrected chi connectivity index (χ4v) is 2.45. The van der Waals surface area contributed by atoms with Crippen molar-refractivity contribution in [2.24, 2.45) is 0 Å². The summed E-state index contributed by atoms with van der Waals surface area (Å²) in [5, 5.41) is 9.41. The van der Waals surface area contributed by atoms with Crippen LogP contribution in [0, 0.1) is 0 Å². The molecule has 0 atom stereocenters. The van der Waals surface area contributed by atoms with E-state index in [0.717, 1.165) is 25.7 Å². The van der Waals surface area contributed by atoms with Gasteiger partial charge in [-0.15, -0.1) is 0 Å². The summed E-state index contributed by atoms with van der Waals surface area (Å²) in [6, 6.07) is 0. The molecule has 0 aliphatic carbocycles. The lowest BCUT2D eigenvalue weighted by atomic mass is 10.0. The molecule has 1 N–H and O–H groups in total. The van der Waals surface area contributed by atoms with E-state index >= 15 is 0 Å². The van der Waals surface area contributed by atoms with Crippen LogP contribution in [0.15, 0.2) is 23.5 Å². The average molecular weight is 308 g/mol. The molecular weight excluding hydrogens is 280 g/mol. The summed E-state index contributed by atoms with van der Waals surface area (Å²) < 4.78 is 4.62. The van der Waals surface area contributed by atoms with E-state index in [4.69, 9.17) is 0 Å². The molecule has 0 aromatic heterocycles. The highest BCUT2D eigenvalue weighted by Gasteiger charge is 2.29. The quantitative estimate of drug-likeness (QED) is 0.251. The molecule has 1 heterocycles. The standard InChI is InChI=1S/C18H28O4/c1-2-3-4-5-6-7-8-9-10-11-12-13-15(19)17-16(20)14-22-18(17)21/h4-5,20H,2-3,6-14H2,1H3. The van der Waals surface area contributed by atoms with Gasteiger partial charge in [0.2, 0.25) is 0 Å². The number of hydrogen-bond acceptors (Lipinski definition) is 4. The minimum Gasteiger partial charge on any atom is -0.508 e. The predicted molar refractivity (Wildman–Crippen MR) is 86.6 cm³/mol. The van der Waals surface area contributed by atoms with E-state index in [0.29, 0.717) is 6.42 Å². The second-order valence-corrected chi connectivity index (χ2v) is 5.74. The number of allylic oxidation sites excluding steroid dienone is 2. The molecule has 22 heavy (non-hydrogen) atoms. The Kier molecular flexibility index (Phi) is 9.28. The third-order valence-corrected chi connectivity index (χ3v) is 3.76. The van der Waals surface area contributed by atoms with Gasteiger partial charge in [0.05, 0.1) is 0 Å². The first-order valence-electron chi connectivity index (χ1n) is 8.44. The zero-order valence-electron chi connectivity index (χ0n) is 13.6. The number of hydrogen-bond donors (Lipinski definition) is 1. The normalized spacial score (nSPS) is 14.9. The van der Waals surface area contributed by atoms with Crippen LogP contribution >= 0.6 is 0 Å². The number of aliphatic hydroxyl groups excluding tert-OH is 1. The Morgan fingerprint density at radius 2 is 1.73 bits per heavy atom. The monoisotopic (exact) mass is 308 g/mol. The summed E-state index contributed by atoms with van der Waals surface area (Å²) in [7, 11) is 0. The maximum absolute atomic E-state index is 11.8. The van der Waals surface area contributed by atoms with Crippen molar-refractivity contribution in [3.05, 3.63) is 23.5 Å². The summed E-state index contributed by atoms with van der Waals surface area (Å²) in [6.07, 6.45) is 14.9. The van der Waals surface area contributed by atoms with Gasteiger partial charge in [-0.2, -0.15) is 0 Å². The number of rotatable bonds is 12. The summed E-state index contributed by atoms with van der Waals surface area (Å²) in [6.45, 7) is 2.02. The summed E-state index contributed by atoms with van der Waals surface area (Å²) >= 11 is 0. The fourth-order valence-electron chi connectivity index (χ4n) is 2.45. The molecule has 1 rings (SSSR count). The molecule has 4 nitrogen and oxygen atoms in total. The van der Waals surface area contributed by atoms with Crippen LogP contribution in [0.3, 0.4) is 0 Å². The van der Waals surface area contributed by atoms with E-state index in [1.807, 2.05) is 0 Å². The molecule has 0 unspecified atom stereocenters. The van der Waals surface area contributed by atoms with Gasteiger partial charge in [-0.25, -0.2) is 4.79 Å². The van der Waals surface area contributed by atoms with Crippen LogP contribution < -0.4 is 0 Å². The molecule has 0 aromatic carbocycles. The van der Waals surface area contributed by atoms with Crippen molar-refractivity contribution in [3.63, 3.8) is 0 Å². The molecule has 0 radical (unpaired) electrons. The minimum atomic E-state index is -0.682. The lowest BCUT2D eigenvalue weighted by Crippen LogP contribution is -2.10. The third kappa shape index (κ3) is 6.92. The minimum absolute atomic E-state index is 0.140. The lowest BCUT2D eigenvalue weighted by Gasteiger charge is -2.01. The molecule has 0 fully saturated rings.